The highest BCUT2D eigenvalue weighted by Gasteiger charge is 2.37. The number of anilines is 1. The Morgan fingerprint density at radius 2 is 1.75 bits per heavy atom. The van der Waals surface area contributed by atoms with Gasteiger partial charge in [0.05, 0.1) is 21.3 Å². The number of ketones is 1. The molecule has 32 heavy (non-hydrogen) atoms. The molecule has 1 N–H and O–H groups in total. The van der Waals surface area contributed by atoms with Crippen LogP contribution in [0, 0.1) is 0 Å². The van der Waals surface area contributed by atoms with E-state index in [4.69, 9.17) is 24.3 Å². The van der Waals surface area contributed by atoms with Crippen molar-refractivity contribution in [2.45, 2.75) is 25.3 Å². The Hall–Kier alpha value is -3.81. The van der Waals surface area contributed by atoms with Crippen molar-refractivity contribution in [2.75, 3.05) is 26.6 Å². The number of rotatable bonds is 5. The second kappa shape index (κ2) is 8.03. The Kier molecular flexibility index (Phi) is 5.05. The molecule has 164 valence electrons. The monoisotopic (exact) mass is 432 g/mol. The van der Waals surface area contributed by atoms with Gasteiger partial charge in [0.25, 0.3) is 0 Å². The van der Waals surface area contributed by atoms with Crippen LogP contribution in [0.25, 0.3) is 11.4 Å². The van der Waals surface area contributed by atoms with Gasteiger partial charge in [-0.3, -0.25) is 4.79 Å². The molecular weight excluding hydrogens is 408 g/mol. The molecule has 0 saturated carbocycles. The van der Waals surface area contributed by atoms with Gasteiger partial charge in [-0.25, -0.2) is 4.68 Å². The van der Waals surface area contributed by atoms with Gasteiger partial charge in [-0.2, -0.15) is 4.98 Å². The van der Waals surface area contributed by atoms with Crippen LogP contribution in [0.5, 0.6) is 17.2 Å². The van der Waals surface area contributed by atoms with Crippen LogP contribution >= 0.6 is 0 Å². The van der Waals surface area contributed by atoms with E-state index in [-0.39, 0.29) is 11.8 Å². The van der Waals surface area contributed by atoms with Crippen LogP contribution in [0.1, 0.15) is 30.9 Å². The molecule has 0 fully saturated rings. The number of nitrogens with zero attached hydrogens (tertiary/aromatic N) is 3. The summed E-state index contributed by atoms with van der Waals surface area (Å²) in [7, 11) is 4.83. The van der Waals surface area contributed by atoms with Gasteiger partial charge in [-0.05, 0) is 48.7 Å². The predicted molar refractivity (Wildman–Crippen MR) is 119 cm³/mol. The lowest BCUT2D eigenvalue weighted by molar-refractivity contribution is -0.116. The number of hydrogen-bond acceptors (Lipinski definition) is 7. The minimum absolute atomic E-state index is 0.147. The average molecular weight is 432 g/mol. The van der Waals surface area contributed by atoms with Crippen molar-refractivity contribution in [1.82, 2.24) is 14.8 Å². The van der Waals surface area contributed by atoms with Crippen molar-refractivity contribution >= 4 is 11.7 Å². The summed E-state index contributed by atoms with van der Waals surface area (Å²) in [5.41, 5.74) is 3.45. The van der Waals surface area contributed by atoms with Crippen LogP contribution < -0.4 is 19.5 Å². The van der Waals surface area contributed by atoms with Gasteiger partial charge < -0.3 is 19.5 Å². The third-order valence-electron chi connectivity index (χ3n) is 5.94. The second-order valence-electron chi connectivity index (χ2n) is 7.74. The number of methoxy groups -OCH3 is 3. The SMILES string of the molecule is COc1ccc([C@H]2C3=C(CCCC3=O)Nc3nc(-c4ccc(OC)c(OC)c4)nn32)cc1. The maximum absolute atomic E-state index is 13.0. The van der Waals surface area contributed by atoms with Gasteiger partial charge in [0, 0.05) is 23.3 Å². The number of hydrogen-bond donors (Lipinski definition) is 1. The van der Waals surface area contributed by atoms with E-state index in [2.05, 4.69) is 5.32 Å². The highest BCUT2D eigenvalue weighted by molar-refractivity contribution is 5.99. The number of carbonyl (C=O) groups excluding carboxylic acids is 1. The largest absolute Gasteiger partial charge is 0.497 e. The summed E-state index contributed by atoms with van der Waals surface area (Å²) >= 11 is 0. The predicted octanol–water partition coefficient (Wildman–Crippen LogP) is 3.99. The average Bonchev–Trinajstić information content (AvgIpc) is 3.26. The van der Waals surface area contributed by atoms with Crippen molar-refractivity contribution in [1.29, 1.82) is 0 Å². The maximum Gasteiger partial charge on any atom is 0.226 e. The molecule has 8 nitrogen and oxygen atoms in total. The summed E-state index contributed by atoms with van der Waals surface area (Å²) in [6.07, 6.45) is 2.18. The number of carbonyl (C=O) groups is 1. The number of Topliss-reactive ketones (excluding diaryl/α,β-unsaturated/α-hetero) is 1. The van der Waals surface area contributed by atoms with E-state index in [1.807, 2.05) is 42.5 Å². The van der Waals surface area contributed by atoms with E-state index >= 15 is 0 Å². The summed E-state index contributed by atoms with van der Waals surface area (Å²) in [6.45, 7) is 0. The molecule has 0 amide bonds. The minimum atomic E-state index is -0.346. The van der Waals surface area contributed by atoms with Crippen LogP contribution in [-0.2, 0) is 4.79 Å². The van der Waals surface area contributed by atoms with Gasteiger partial charge >= 0.3 is 0 Å². The van der Waals surface area contributed by atoms with Crippen molar-refractivity contribution in [2.24, 2.45) is 0 Å². The molecule has 0 radical (unpaired) electrons. The van der Waals surface area contributed by atoms with Gasteiger partial charge in [-0.15, -0.1) is 5.10 Å². The lowest BCUT2D eigenvalue weighted by Crippen LogP contribution is -2.31. The molecule has 3 aromatic rings. The molecule has 0 unspecified atom stereocenters. The molecule has 8 heteroatoms. The Bertz CT molecular complexity index is 1210. The normalized spacial score (nSPS) is 17.3. The number of ether oxygens (including phenoxy) is 3. The summed E-state index contributed by atoms with van der Waals surface area (Å²) in [4.78, 5) is 17.7. The van der Waals surface area contributed by atoms with E-state index in [1.54, 1.807) is 26.0 Å². The number of benzene rings is 2. The number of fused-ring (bicyclic) bond motifs is 1. The number of nitrogens with one attached hydrogen (secondary N) is 1. The third-order valence-corrected chi connectivity index (χ3v) is 5.94. The molecule has 2 aliphatic rings. The zero-order valence-electron chi connectivity index (χ0n) is 18.2. The van der Waals surface area contributed by atoms with Crippen LogP contribution in [-0.4, -0.2) is 41.9 Å². The van der Waals surface area contributed by atoms with E-state index in [0.29, 0.717) is 29.7 Å². The molecular formula is C24H24N4O4. The summed E-state index contributed by atoms with van der Waals surface area (Å²) in [5, 5.41) is 8.17. The Morgan fingerprint density at radius 1 is 0.969 bits per heavy atom. The third kappa shape index (κ3) is 3.28. The van der Waals surface area contributed by atoms with Crippen LogP contribution in [0.15, 0.2) is 53.7 Å². The van der Waals surface area contributed by atoms with E-state index in [1.165, 1.54) is 0 Å². The molecule has 2 aromatic carbocycles. The van der Waals surface area contributed by atoms with Crippen molar-refractivity contribution in [3.8, 4) is 28.6 Å². The van der Waals surface area contributed by atoms with Crippen LogP contribution in [0.4, 0.5) is 5.95 Å². The molecule has 1 atom stereocenters. The highest BCUT2D eigenvalue weighted by Crippen LogP contribution is 2.41. The molecule has 0 spiro atoms. The van der Waals surface area contributed by atoms with Gasteiger partial charge in [0.2, 0.25) is 5.95 Å². The summed E-state index contributed by atoms with van der Waals surface area (Å²) in [5.74, 6) is 3.30. The first-order valence-electron chi connectivity index (χ1n) is 10.5. The lowest BCUT2D eigenvalue weighted by Gasteiger charge is -2.32. The molecule has 1 aromatic heterocycles. The minimum Gasteiger partial charge on any atom is -0.497 e. The zero-order chi connectivity index (χ0) is 22.2. The van der Waals surface area contributed by atoms with Gasteiger partial charge in [0.1, 0.15) is 11.8 Å². The first-order chi connectivity index (χ1) is 15.6. The summed E-state index contributed by atoms with van der Waals surface area (Å²) < 4.78 is 17.9. The van der Waals surface area contributed by atoms with Gasteiger partial charge in [-0.1, -0.05) is 12.1 Å². The zero-order valence-corrected chi connectivity index (χ0v) is 18.2. The fraction of sp³-hybridized carbons (Fsp3) is 0.292. The first-order valence-corrected chi connectivity index (χ1v) is 10.5. The summed E-state index contributed by atoms with van der Waals surface area (Å²) in [6, 6.07) is 13.0. The second-order valence-corrected chi connectivity index (χ2v) is 7.74. The fourth-order valence-corrected chi connectivity index (χ4v) is 4.35. The first kappa shape index (κ1) is 20.1. The quantitative estimate of drug-likeness (QED) is 0.652. The topological polar surface area (TPSA) is 87.5 Å². The fourth-order valence-electron chi connectivity index (χ4n) is 4.35. The Balaban J connectivity index is 1.63. The molecule has 0 saturated heterocycles. The van der Waals surface area contributed by atoms with Crippen molar-refractivity contribution in [3.63, 3.8) is 0 Å². The standard InChI is InChI=1S/C24H24N4O4/c1-30-16-10-7-14(8-11-16)22-21-17(5-4-6-18(21)29)25-24-26-23(27-28(22)24)15-9-12-19(31-2)20(13-15)32-3/h7-13,22H,4-6H2,1-3H3,(H,25,26,27)/t22-/m0/s1. The molecule has 0 bridgehead atoms. The number of aromatic nitrogens is 3. The van der Waals surface area contributed by atoms with E-state index in [9.17, 15) is 4.79 Å². The lowest BCUT2D eigenvalue weighted by atomic mass is 9.85. The van der Waals surface area contributed by atoms with Crippen LogP contribution in [0.2, 0.25) is 0 Å². The Labute approximate surface area is 185 Å². The smallest absolute Gasteiger partial charge is 0.226 e. The number of allylic oxidation sites excluding steroid dienone is 2. The maximum atomic E-state index is 13.0. The van der Waals surface area contributed by atoms with E-state index < -0.39 is 0 Å². The molecule has 2 heterocycles. The van der Waals surface area contributed by atoms with Crippen LogP contribution in [0.3, 0.4) is 0 Å². The van der Waals surface area contributed by atoms with Crippen molar-refractivity contribution in [3.05, 3.63) is 59.3 Å². The Morgan fingerprint density at radius 3 is 2.47 bits per heavy atom. The van der Waals surface area contributed by atoms with E-state index in [0.717, 1.165) is 41.0 Å². The molecule has 1 aliphatic heterocycles. The van der Waals surface area contributed by atoms with Crippen molar-refractivity contribution < 1.29 is 19.0 Å². The van der Waals surface area contributed by atoms with Gasteiger partial charge in [0.15, 0.2) is 23.1 Å². The highest BCUT2D eigenvalue weighted by atomic mass is 16.5. The molecule has 1 aliphatic carbocycles. The molecule has 5 rings (SSSR count).